The Kier molecular flexibility index (Phi) is 17.0. The van der Waals surface area contributed by atoms with Gasteiger partial charge in [-0.2, -0.15) is 0 Å². The van der Waals surface area contributed by atoms with Gasteiger partial charge in [-0.3, -0.25) is 9.97 Å². The van der Waals surface area contributed by atoms with Crippen LogP contribution in [0.2, 0.25) is 0 Å². The second-order valence-corrected chi connectivity index (χ2v) is 16.3. The number of fused-ring (bicyclic) bond motifs is 3. The topological polar surface area (TPSA) is 25.8 Å². The standard InChI is InChI=1S/C46H60N2S2/c1-3-5-7-9-11-13-15-17-19-35-49-39-25-21-37(22-26-39)41-31-33-47-45-43(41)29-30-44-42(32-34-48-46(44)45)38-23-27-40(28-24-38)50-36-20-18-16-14-12-10-8-6-4-2/h21-34H,3-20,35-36H2,1-2H3. The Balaban J connectivity index is 1.14. The Bertz CT molecular complexity index is 1550. The van der Waals surface area contributed by atoms with Crippen molar-refractivity contribution in [2.45, 2.75) is 139 Å². The van der Waals surface area contributed by atoms with Gasteiger partial charge in [-0.25, -0.2) is 0 Å². The molecule has 0 saturated carbocycles. The van der Waals surface area contributed by atoms with Crippen molar-refractivity contribution in [1.29, 1.82) is 0 Å². The van der Waals surface area contributed by atoms with Crippen LogP contribution in [-0.2, 0) is 0 Å². The van der Waals surface area contributed by atoms with Gasteiger partial charge in [-0.1, -0.05) is 153 Å². The van der Waals surface area contributed by atoms with Crippen molar-refractivity contribution < 1.29 is 0 Å². The second-order valence-electron chi connectivity index (χ2n) is 14.0. The van der Waals surface area contributed by atoms with E-state index in [4.69, 9.17) is 9.97 Å². The van der Waals surface area contributed by atoms with Crippen molar-refractivity contribution in [3.8, 4) is 22.3 Å². The lowest BCUT2D eigenvalue weighted by Crippen LogP contribution is -1.90. The maximum atomic E-state index is 4.86. The normalized spacial score (nSPS) is 11.6. The summed E-state index contributed by atoms with van der Waals surface area (Å²) in [6.45, 7) is 4.58. The number of pyridine rings is 2. The Morgan fingerprint density at radius 1 is 0.380 bits per heavy atom. The molecule has 0 aliphatic carbocycles. The maximum absolute atomic E-state index is 4.86. The molecule has 2 nitrogen and oxygen atoms in total. The molecule has 0 atom stereocenters. The highest BCUT2D eigenvalue weighted by molar-refractivity contribution is 7.99. The molecular weight excluding hydrogens is 645 g/mol. The Morgan fingerprint density at radius 3 is 1.08 bits per heavy atom. The lowest BCUT2D eigenvalue weighted by atomic mass is 9.96. The van der Waals surface area contributed by atoms with E-state index >= 15 is 0 Å². The number of hydrogen-bond acceptors (Lipinski definition) is 4. The number of nitrogens with zero attached hydrogens (tertiary/aromatic N) is 2. The molecule has 0 aliphatic heterocycles. The number of thioether (sulfide) groups is 2. The quantitative estimate of drug-likeness (QED) is 0.0363. The van der Waals surface area contributed by atoms with Crippen LogP contribution in [0.1, 0.15) is 129 Å². The molecule has 0 spiro atoms. The van der Waals surface area contributed by atoms with Gasteiger partial charge in [0, 0.05) is 33.0 Å². The van der Waals surface area contributed by atoms with Crippen LogP contribution < -0.4 is 0 Å². The third kappa shape index (κ3) is 11.9. The van der Waals surface area contributed by atoms with Crippen LogP contribution in [0.5, 0.6) is 0 Å². The van der Waals surface area contributed by atoms with E-state index in [1.807, 2.05) is 35.9 Å². The van der Waals surface area contributed by atoms with Gasteiger partial charge in [-0.05, 0) is 83.0 Å². The van der Waals surface area contributed by atoms with E-state index in [1.165, 1.54) is 159 Å². The average molecular weight is 705 g/mol. The van der Waals surface area contributed by atoms with Gasteiger partial charge in [0.05, 0.1) is 11.0 Å². The summed E-state index contributed by atoms with van der Waals surface area (Å²) in [5, 5.41) is 2.31. The zero-order valence-electron chi connectivity index (χ0n) is 30.9. The summed E-state index contributed by atoms with van der Waals surface area (Å²) in [4.78, 5) is 12.4. The van der Waals surface area contributed by atoms with Crippen LogP contribution in [0.25, 0.3) is 44.1 Å². The summed E-state index contributed by atoms with van der Waals surface area (Å²) in [6, 6.07) is 27.0. The van der Waals surface area contributed by atoms with Crippen LogP contribution in [0.15, 0.2) is 95.0 Å². The number of benzene rings is 3. The highest BCUT2D eigenvalue weighted by Crippen LogP contribution is 2.36. The van der Waals surface area contributed by atoms with E-state index in [0.29, 0.717) is 0 Å². The van der Waals surface area contributed by atoms with E-state index in [9.17, 15) is 0 Å². The zero-order chi connectivity index (χ0) is 34.6. The first-order valence-corrected chi connectivity index (χ1v) is 21.9. The molecule has 0 unspecified atom stereocenters. The van der Waals surface area contributed by atoms with Gasteiger partial charge in [0.2, 0.25) is 0 Å². The molecule has 4 heteroatoms. The number of rotatable bonds is 24. The van der Waals surface area contributed by atoms with Crippen LogP contribution in [0.4, 0.5) is 0 Å². The van der Waals surface area contributed by atoms with Gasteiger partial charge in [0.1, 0.15) is 0 Å². The number of aromatic nitrogens is 2. The Hall–Kier alpha value is -2.82. The first kappa shape index (κ1) is 38.4. The third-order valence-electron chi connectivity index (χ3n) is 9.99. The second kappa shape index (κ2) is 22.2. The lowest BCUT2D eigenvalue weighted by Gasteiger charge is -2.12. The van der Waals surface area contributed by atoms with Crippen molar-refractivity contribution in [3.05, 3.63) is 85.2 Å². The summed E-state index contributed by atoms with van der Waals surface area (Å²) in [6.07, 6.45) is 28.8. The van der Waals surface area contributed by atoms with Crippen LogP contribution >= 0.6 is 23.5 Å². The molecule has 0 amide bonds. The van der Waals surface area contributed by atoms with E-state index in [-0.39, 0.29) is 0 Å². The molecular formula is C46H60N2S2. The summed E-state index contributed by atoms with van der Waals surface area (Å²) >= 11 is 3.98. The third-order valence-corrected chi connectivity index (χ3v) is 12.2. The molecule has 5 aromatic rings. The first-order chi connectivity index (χ1) is 24.8. The fraction of sp³-hybridized carbons (Fsp3) is 0.478. The summed E-state index contributed by atoms with van der Waals surface area (Å²) in [5.74, 6) is 2.41. The van der Waals surface area contributed by atoms with Crippen molar-refractivity contribution in [3.63, 3.8) is 0 Å². The fourth-order valence-electron chi connectivity index (χ4n) is 7.00. The molecule has 2 heterocycles. The molecule has 0 N–H and O–H groups in total. The highest BCUT2D eigenvalue weighted by atomic mass is 32.2. The Morgan fingerprint density at radius 2 is 0.720 bits per heavy atom. The van der Waals surface area contributed by atoms with Crippen LogP contribution in [-0.4, -0.2) is 21.5 Å². The predicted octanol–water partition coefficient (Wildman–Crippen LogP) is 15.4. The molecule has 50 heavy (non-hydrogen) atoms. The molecule has 5 rings (SSSR count). The smallest absolute Gasteiger partial charge is 0.0970 e. The molecule has 3 aromatic carbocycles. The molecule has 2 aromatic heterocycles. The van der Waals surface area contributed by atoms with Crippen molar-refractivity contribution >= 4 is 45.3 Å². The van der Waals surface area contributed by atoms with Gasteiger partial charge in [0.25, 0.3) is 0 Å². The maximum Gasteiger partial charge on any atom is 0.0970 e. The van der Waals surface area contributed by atoms with Gasteiger partial charge in [0.15, 0.2) is 0 Å². The minimum atomic E-state index is 0.971. The van der Waals surface area contributed by atoms with E-state index < -0.39 is 0 Å². The Labute approximate surface area is 312 Å². The predicted molar refractivity (Wildman–Crippen MR) is 224 cm³/mol. The van der Waals surface area contributed by atoms with E-state index in [2.05, 4.69) is 86.6 Å². The monoisotopic (exact) mass is 704 g/mol. The lowest BCUT2D eigenvalue weighted by molar-refractivity contribution is 0.573. The summed E-state index contributed by atoms with van der Waals surface area (Å²) in [7, 11) is 0. The molecule has 0 saturated heterocycles. The average Bonchev–Trinajstić information content (AvgIpc) is 3.16. The summed E-state index contributed by atoms with van der Waals surface area (Å²) in [5.41, 5.74) is 6.84. The van der Waals surface area contributed by atoms with Crippen LogP contribution in [0.3, 0.4) is 0 Å². The van der Waals surface area contributed by atoms with Crippen molar-refractivity contribution in [2.24, 2.45) is 0 Å². The zero-order valence-corrected chi connectivity index (χ0v) is 32.6. The van der Waals surface area contributed by atoms with E-state index in [1.54, 1.807) is 0 Å². The van der Waals surface area contributed by atoms with Crippen LogP contribution in [0, 0.1) is 0 Å². The molecule has 0 radical (unpaired) electrons. The van der Waals surface area contributed by atoms with Crippen molar-refractivity contribution in [1.82, 2.24) is 9.97 Å². The minimum absolute atomic E-state index is 0.971. The number of hydrogen-bond donors (Lipinski definition) is 0. The van der Waals surface area contributed by atoms with Gasteiger partial charge < -0.3 is 0 Å². The molecule has 0 fully saturated rings. The highest BCUT2D eigenvalue weighted by Gasteiger charge is 2.12. The van der Waals surface area contributed by atoms with Gasteiger partial charge in [-0.15, -0.1) is 23.5 Å². The molecule has 0 aliphatic rings. The molecule has 0 bridgehead atoms. The minimum Gasteiger partial charge on any atom is -0.254 e. The fourth-order valence-corrected chi connectivity index (χ4v) is 8.82. The van der Waals surface area contributed by atoms with Gasteiger partial charge >= 0.3 is 0 Å². The summed E-state index contributed by atoms with van der Waals surface area (Å²) < 4.78 is 0. The van der Waals surface area contributed by atoms with Crippen molar-refractivity contribution in [2.75, 3.05) is 11.5 Å². The largest absolute Gasteiger partial charge is 0.254 e. The SMILES string of the molecule is CCCCCCCCCCCSc1ccc(-c2ccnc3c2ccc2c(-c4ccc(SCCCCCCCCCCC)cc4)ccnc23)cc1. The first-order valence-electron chi connectivity index (χ1n) is 19.9. The molecule has 266 valence electrons. The number of unbranched alkanes of at least 4 members (excludes halogenated alkanes) is 16. The van der Waals surface area contributed by atoms with E-state index in [0.717, 1.165) is 21.8 Å².